The minimum absolute atomic E-state index is 0.0549. The normalized spacial score (nSPS) is 45.8. The molecule has 5 rings (SSSR count). The van der Waals surface area contributed by atoms with Gasteiger partial charge in [0.25, 0.3) is 0 Å². The largest absolute Gasteiger partial charge is 0.466 e. The minimum atomic E-state index is -1.72. The molecule has 0 aromatic rings. The number of rotatable bonds is 2. The van der Waals surface area contributed by atoms with Crippen LogP contribution in [0.15, 0.2) is 23.4 Å². The molecule has 0 spiro atoms. The van der Waals surface area contributed by atoms with Crippen LogP contribution < -0.4 is 0 Å². The van der Waals surface area contributed by atoms with Gasteiger partial charge in [-0.15, -0.1) is 0 Å². The van der Waals surface area contributed by atoms with Gasteiger partial charge in [-0.3, -0.25) is 9.59 Å². The molecule has 0 aromatic heterocycles. The summed E-state index contributed by atoms with van der Waals surface area (Å²) in [5, 5.41) is 12.9. The van der Waals surface area contributed by atoms with E-state index in [4.69, 9.17) is 11.3 Å². The maximum absolute atomic E-state index is 14.5. The van der Waals surface area contributed by atoms with Crippen molar-refractivity contribution in [1.29, 1.82) is 0 Å². The molecule has 212 valence electrons. The molecule has 5 aliphatic carbocycles. The number of nitrogens with zero attached hydrogens (tertiary/aromatic N) is 1. The van der Waals surface area contributed by atoms with Gasteiger partial charge in [0.2, 0.25) is 5.70 Å². The van der Waals surface area contributed by atoms with Crippen LogP contribution in [0.2, 0.25) is 0 Å². The van der Waals surface area contributed by atoms with Crippen molar-refractivity contribution in [2.24, 2.45) is 44.3 Å². The molecule has 7 atom stereocenters. The van der Waals surface area contributed by atoms with Gasteiger partial charge in [0.1, 0.15) is 5.60 Å². The molecule has 0 aliphatic heterocycles. The first kappa shape index (κ1) is 28.3. The molecule has 0 heterocycles. The van der Waals surface area contributed by atoms with Gasteiger partial charge in [0, 0.05) is 22.2 Å². The summed E-state index contributed by atoms with van der Waals surface area (Å²) < 4.78 is 5.63. The number of ether oxygens (including phenoxy) is 1. The van der Waals surface area contributed by atoms with Crippen molar-refractivity contribution in [2.75, 3.05) is 6.61 Å². The molecule has 0 radical (unpaired) electrons. The molecule has 39 heavy (non-hydrogen) atoms. The molecular formula is C33H45NO5. The lowest BCUT2D eigenvalue weighted by molar-refractivity contribution is -0.248. The van der Waals surface area contributed by atoms with Crippen molar-refractivity contribution in [3.8, 4) is 0 Å². The van der Waals surface area contributed by atoms with E-state index < -0.39 is 38.6 Å². The van der Waals surface area contributed by atoms with Gasteiger partial charge in [-0.1, -0.05) is 60.1 Å². The Bertz CT molecular complexity index is 1270. The third kappa shape index (κ3) is 3.20. The molecule has 0 saturated heterocycles. The van der Waals surface area contributed by atoms with Crippen LogP contribution in [0.25, 0.3) is 4.85 Å². The van der Waals surface area contributed by atoms with E-state index in [2.05, 4.69) is 39.5 Å². The molecule has 6 nitrogen and oxygen atoms in total. The first-order valence-corrected chi connectivity index (χ1v) is 14.7. The maximum atomic E-state index is 14.5. The average molecular weight is 536 g/mol. The van der Waals surface area contributed by atoms with Crippen LogP contribution in [0.3, 0.4) is 0 Å². The van der Waals surface area contributed by atoms with Crippen LogP contribution in [0.5, 0.6) is 0 Å². The van der Waals surface area contributed by atoms with E-state index in [1.807, 2.05) is 19.9 Å². The molecule has 0 amide bonds. The summed E-state index contributed by atoms with van der Waals surface area (Å²) in [4.78, 5) is 45.0. The smallest absolute Gasteiger partial charge is 0.312 e. The molecule has 0 unspecified atom stereocenters. The fourth-order valence-corrected chi connectivity index (χ4v) is 10.2. The lowest BCUT2D eigenvalue weighted by atomic mass is 9.33. The molecule has 0 bridgehead atoms. The van der Waals surface area contributed by atoms with E-state index in [9.17, 15) is 19.5 Å². The summed E-state index contributed by atoms with van der Waals surface area (Å²) in [6, 6.07) is 0. The van der Waals surface area contributed by atoms with Gasteiger partial charge in [-0.05, 0) is 74.7 Å². The van der Waals surface area contributed by atoms with Crippen molar-refractivity contribution in [2.45, 2.75) is 106 Å². The third-order valence-electron chi connectivity index (χ3n) is 12.7. The Hall–Kier alpha value is -2.26. The fourth-order valence-electron chi connectivity index (χ4n) is 10.2. The number of carbonyl (C=O) groups is 3. The van der Waals surface area contributed by atoms with Crippen LogP contribution in [0.1, 0.15) is 100 Å². The van der Waals surface area contributed by atoms with E-state index in [0.717, 1.165) is 24.8 Å². The number of aliphatic hydroxyl groups is 1. The molecule has 1 N–H and O–H groups in total. The van der Waals surface area contributed by atoms with E-state index in [1.54, 1.807) is 13.0 Å². The number of carbonyl (C=O) groups excluding carboxylic acids is 3. The highest BCUT2D eigenvalue weighted by molar-refractivity contribution is 6.04. The second-order valence-corrected chi connectivity index (χ2v) is 15.2. The van der Waals surface area contributed by atoms with Crippen molar-refractivity contribution < 1.29 is 24.2 Å². The van der Waals surface area contributed by atoms with E-state index in [1.165, 1.54) is 0 Å². The second-order valence-electron chi connectivity index (χ2n) is 15.2. The van der Waals surface area contributed by atoms with Gasteiger partial charge < -0.3 is 14.6 Å². The Balaban J connectivity index is 1.74. The quantitative estimate of drug-likeness (QED) is 0.334. The third-order valence-corrected chi connectivity index (χ3v) is 12.7. The van der Waals surface area contributed by atoms with Gasteiger partial charge in [-0.25, -0.2) is 4.85 Å². The van der Waals surface area contributed by atoms with Gasteiger partial charge >= 0.3 is 5.97 Å². The number of Topliss-reactive ketones (excluding diaryl/α,β-unsaturated/α-hetero) is 1. The van der Waals surface area contributed by atoms with Crippen molar-refractivity contribution in [1.82, 2.24) is 0 Å². The lowest BCUT2D eigenvalue weighted by Gasteiger charge is -2.71. The molecular weight excluding hydrogens is 490 g/mol. The SMILES string of the molecule is [C-]#[N+]C1=C[C@]2(C)C3=CC(=O)[C@]4(O)[C@@H]5CC(C)(C)CC[C@]5(C(=O)OCC)CC[C@@]4(C)[C@]3(C)CC[C@H]2C(C)(C)C1=O. The van der Waals surface area contributed by atoms with Crippen LogP contribution in [0, 0.1) is 50.9 Å². The molecule has 3 fully saturated rings. The topological polar surface area (TPSA) is 85.0 Å². The van der Waals surface area contributed by atoms with Crippen molar-refractivity contribution in [3.05, 3.63) is 34.8 Å². The summed E-state index contributed by atoms with van der Waals surface area (Å²) in [5.74, 6) is -1.33. The number of esters is 1. The first-order chi connectivity index (χ1) is 17.9. The Morgan fingerprint density at radius 3 is 2.28 bits per heavy atom. The molecule has 5 aliphatic rings. The van der Waals surface area contributed by atoms with Crippen molar-refractivity contribution in [3.63, 3.8) is 0 Å². The van der Waals surface area contributed by atoms with Gasteiger partial charge in [0.05, 0.1) is 18.6 Å². The highest BCUT2D eigenvalue weighted by atomic mass is 16.5. The average Bonchev–Trinajstić information content (AvgIpc) is 2.85. The first-order valence-electron chi connectivity index (χ1n) is 14.7. The zero-order valence-electron chi connectivity index (χ0n) is 25.0. The van der Waals surface area contributed by atoms with E-state index in [0.29, 0.717) is 25.7 Å². The fraction of sp³-hybridized carbons (Fsp3) is 0.758. The van der Waals surface area contributed by atoms with Gasteiger partial charge in [-0.2, -0.15) is 0 Å². The van der Waals surface area contributed by atoms with Crippen LogP contribution in [0.4, 0.5) is 0 Å². The monoisotopic (exact) mass is 535 g/mol. The highest BCUT2D eigenvalue weighted by Gasteiger charge is 2.77. The summed E-state index contributed by atoms with van der Waals surface area (Å²) in [5.41, 5.74) is -4.41. The second kappa shape index (κ2) is 8.15. The molecule has 3 saturated carbocycles. The zero-order chi connectivity index (χ0) is 29.0. The van der Waals surface area contributed by atoms with Crippen molar-refractivity contribution >= 4 is 17.5 Å². The minimum Gasteiger partial charge on any atom is -0.466 e. The zero-order valence-corrected chi connectivity index (χ0v) is 25.0. The van der Waals surface area contributed by atoms with E-state index >= 15 is 0 Å². The summed E-state index contributed by atoms with van der Waals surface area (Å²) in [7, 11) is 0. The number of fused-ring (bicyclic) bond motifs is 7. The Labute approximate surface area is 233 Å². The Morgan fingerprint density at radius 1 is 1.03 bits per heavy atom. The van der Waals surface area contributed by atoms with E-state index in [-0.39, 0.29) is 41.2 Å². The van der Waals surface area contributed by atoms with Gasteiger partial charge in [0.15, 0.2) is 11.6 Å². The van der Waals surface area contributed by atoms with Crippen LogP contribution in [-0.2, 0) is 19.1 Å². The standard InChI is InChI=1S/C33H45NO5/c1-10-39-26(37)32-15-13-27(2,3)19-23(32)33(38)24(35)17-22-29(6)18-20(34-9)25(36)28(4,5)21(29)11-12-30(22,7)31(33,8)14-16-32/h17-18,21,23,38H,10-16,19H2,1-8H3/t21-,23+,29-,30+,31-,32-,33+/m0/s1. The summed E-state index contributed by atoms with van der Waals surface area (Å²) in [6.45, 7) is 24.3. The maximum Gasteiger partial charge on any atom is 0.312 e. The summed E-state index contributed by atoms with van der Waals surface area (Å²) in [6.07, 6.45) is 8.10. The van der Waals surface area contributed by atoms with Crippen LogP contribution in [-0.4, -0.2) is 34.9 Å². The Kier molecular flexibility index (Phi) is 5.91. The number of ketones is 2. The Morgan fingerprint density at radius 2 is 1.67 bits per heavy atom. The number of hydrogen-bond donors (Lipinski definition) is 1. The van der Waals surface area contributed by atoms with Crippen LogP contribution >= 0.6 is 0 Å². The highest BCUT2D eigenvalue weighted by Crippen LogP contribution is 2.75. The molecule has 0 aromatic carbocycles. The lowest BCUT2D eigenvalue weighted by Crippen LogP contribution is -2.75. The number of allylic oxidation sites excluding steroid dienone is 3. The predicted molar refractivity (Wildman–Crippen MR) is 148 cm³/mol. The summed E-state index contributed by atoms with van der Waals surface area (Å²) >= 11 is 0. The predicted octanol–water partition coefficient (Wildman–Crippen LogP) is 6.24. The number of hydrogen-bond acceptors (Lipinski definition) is 5. The molecule has 6 heteroatoms.